The SMILES string of the molecule is CCOc1ccc(S(=O)(=O)N2CCOCC2)cc1NC(=O)CCn1cc([N+](=O)[O-])cn1. The van der Waals surface area contributed by atoms with Crippen LogP contribution in [0.5, 0.6) is 5.75 Å². The van der Waals surface area contributed by atoms with Gasteiger partial charge in [-0.25, -0.2) is 8.42 Å². The second kappa shape index (κ2) is 9.85. The van der Waals surface area contributed by atoms with E-state index in [1.807, 2.05) is 0 Å². The molecule has 1 saturated heterocycles. The molecule has 1 amide bonds. The monoisotopic (exact) mass is 453 g/mol. The van der Waals surface area contributed by atoms with Gasteiger partial charge in [0.05, 0.1) is 35.3 Å². The van der Waals surface area contributed by atoms with E-state index >= 15 is 0 Å². The number of nitrogens with one attached hydrogen (secondary N) is 1. The van der Waals surface area contributed by atoms with E-state index in [0.717, 1.165) is 6.20 Å². The molecule has 0 bridgehead atoms. The Hall–Kier alpha value is -3.03. The molecule has 1 fully saturated rings. The fourth-order valence-electron chi connectivity index (χ4n) is 2.98. The zero-order valence-electron chi connectivity index (χ0n) is 16.9. The molecule has 2 heterocycles. The number of carbonyl (C=O) groups excluding carboxylic acids is 1. The third kappa shape index (κ3) is 5.57. The second-order valence-corrected chi connectivity index (χ2v) is 8.56. The maximum absolute atomic E-state index is 12.9. The Morgan fingerprint density at radius 3 is 2.74 bits per heavy atom. The predicted octanol–water partition coefficient (Wildman–Crippen LogP) is 1.24. The molecule has 0 atom stereocenters. The predicted molar refractivity (Wildman–Crippen MR) is 109 cm³/mol. The largest absolute Gasteiger partial charge is 0.492 e. The lowest BCUT2D eigenvalue weighted by atomic mass is 10.2. The summed E-state index contributed by atoms with van der Waals surface area (Å²) in [6, 6.07) is 4.31. The number of ether oxygens (including phenoxy) is 2. The molecule has 0 saturated carbocycles. The molecule has 0 radical (unpaired) electrons. The number of morpholine rings is 1. The summed E-state index contributed by atoms with van der Waals surface area (Å²) in [5.74, 6) is -0.0773. The number of nitro groups is 1. The van der Waals surface area contributed by atoms with Crippen molar-refractivity contribution in [2.75, 3.05) is 38.2 Å². The van der Waals surface area contributed by atoms with Gasteiger partial charge in [0, 0.05) is 26.1 Å². The van der Waals surface area contributed by atoms with E-state index in [1.165, 1.54) is 33.4 Å². The molecule has 1 aliphatic heterocycles. The van der Waals surface area contributed by atoms with Crippen LogP contribution in [0.3, 0.4) is 0 Å². The highest BCUT2D eigenvalue weighted by Gasteiger charge is 2.27. The van der Waals surface area contributed by atoms with E-state index in [9.17, 15) is 23.3 Å². The number of amides is 1. The minimum absolute atomic E-state index is 0.0230. The molecule has 2 aromatic rings. The summed E-state index contributed by atoms with van der Waals surface area (Å²) in [6.07, 6.45) is 2.31. The smallest absolute Gasteiger partial charge is 0.306 e. The first-order valence-electron chi connectivity index (χ1n) is 9.62. The molecule has 0 spiro atoms. The number of rotatable bonds is 9. The Labute approximate surface area is 178 Å². The Bertz CT molecular complexity index is 1050. The van der Waals surface area contributed by atoms with Gasteiger partial charge in [0.2, 0.25) is 15.9 Å². The van der Waals surface area contributed by atoms with Gasteiger partial charge in [-0.3, -0.25) is 19.6 Å². The molecule has 1 aromatic heterocycles. The molecular weight excluding hydrogens is 430 g/mol. The number of aromatic nitrogens is 2. The van der Waals surface area contributed by atoms with Crippen molar-refractivity contribution in [1.29, 1.82) is 0 Å². The first-order valence-corrected chi connectivity index (χ1v) is 11.1. The first kappa shape index (κ1) is 22.7. The number of hydrogen-bond donors (Lipinski definition) is 1. The van der Waals surface area contributed by atoms with Crippen LogP contribution in [0.2, 0.25) is 0 Å². The van der Waals surface area contributed by atoms with Crippen LogP contribution in [-0.2, 0) is 26.1 Å². The molecule has 12 nitrogen and oxygen atoms in total. The molecular formula is C18H23N5O7S. The molecule has 1 aliphatic rings. The Balaban J connectivity index is 1.74. The number of anilines is 1. The summed E-state index contributed by atoms with van der Waals surface area (Å²) in [4.78, 5) is 22.6. The molecule has 168 valence electrons. The lowest BCUT2D eigenvalue weighted by molar-refractivity contribution is -0.385. The van der Waals surface area contributed by atoms with Crippen molar-refractivity contribution in [3.8, 4) is 5.75 Å². The molecule has 3 rings (SSSR count). The van der Waals surface area contributed by atoms with Crippen LogP contribution >= 0.6 is 0 Å². The van der Waals surface area contributed by atoms with E-state index in [1.54, 1.807) is 6.92 Å². The highest BCUT2D eigenvalue weighted by atomic mass is 32.2. The fourth-order valence-corrected chi connectivity index (χ4v) is 4.42. The third-order valence-corrected chi connectivity index (χ3v) is 6.43. The lowest BCUT2D eigenvalue weighted by Crippen LogP contribution is -2.40. The summed E-state index contributed by atoms with van der Waals surface area (Å²) in [6.45, 7) is 3.39. The van der Waals surface area contributed by atoms with Gasteiger partial charge in [-0.15, -0.1) is 0 Å². The zero-order valence-corrected chi connectivity index (χ0v) is 17.7. The van der Waals surface area contributed by atoms with Crippen LogP contribution in [-0.4, -0.2) is 66.2 Å². The number of benzene rings is 1. The molecule has 31 heavy (non-hydrogen) atoms. The van der Waals surface area contributed by atoms with Crippen molar-refractivity contribution in [1.82, 2.24) is 14.1 Å². The molecule has 0 aliphatic carbocycles. The summed E-state index contributed by atoms with van der Waals surface area (Å²) >= 11 is 0. The molecule has 1 N–H and O–H groups in total. The number of sulfonamides is 1. The van der Waals surface area contributed by atoms with Gasteiger partial charge in [-0.2, -0.15) is 9.40 Å². The number of aryl methyl sites for hydroxylation is 1. The van der Waals surface area contributed by atoms with Crippen molar-refractivity contribution in [2.24, 2.45) is 0 Å². The summed E-state index contributed by atoms with van der Waals surface area (Å²) in [7, 11) is -3.74. The highest BCUT2D eigenvalue weighted by molar-refractivity contribution is 7.89. The highest BCUT2D eigenvalue weighted by Crippen LogP contribution is 2.29. The molecule has 1 aromatic carbocycles. The summed E-state index contributed by atoms with van der Waals surface area (Å²) in [5.41, 5.74) is 0.0627. The van der Waals surface area contributed by atoms with Gasteiger partial charge in [-0.05, 0) is 25.1 Å². The molecule has 0 unspecified atom stereocenters. The fraction of sp³-hybridized carbons (Fsp3) is 0.444. The van der Waals surface area contributed by atoms with E-state index in [-0.39, 0.29) is 42.3 Å². The van der Waals surface area contributed by atoms with Gasteiger partial charge in [-0.1, -0.05) is 0 Å². The van der Waals surface area contributed by atoms with Crippen molar-refractivity contribution in [3.05, 3.63) is 40.7 Å². The van der Waals surface area contributed by atoms with E-state index in [2.05, 4.69) is 10.4 Å². The van der Waals surface area contributed by atoms with Gasteiger partial charge in [0.15, 0.2) is 0 Å². The standard InChI is InChI=1S/C18H23N5O7S/c1-2-30-17-4-3-15(31(27,28)22-7-9-29-10-8-22)11-16(17)20-18(24)5-6-21-13-14(12-19-21)23(25)26/h3-4,11-13H,2,5-10H2,1H3,(H,20,24). The van der Waals surface area contributed by atoms with E-state index < -0.39 is 20.9 Å². The zero-order chi connectivity index (χ0) is 22.4. The van der Waals surface area contributed by atoms with Gasteiger partial charge < -0.3 is 14.8 Å². The average molecular weight is 453 g/mol. The van der Waals surface area contributed by atoms with Crippen LogP contribution in [0.1, 0.15) is 13.3 Å². The summed E-state index contributed by atoms with van der Waals surface area (Å²) in [5, 5.41) is 17.2. The first-order chi connectivity index (χ1) is 14.8. The average Bonchev–Trinajstić information content (AvgIpc) is 3.24. The van der Waals surface area contributed by atoms with E-state index in [4.69, 9.17) is 9.47 Å². The van der Waals surface area contributed by atoms with Gasteiger partial charge >= 0.3 is 5.69 Å². The Kier molecular flexibility index (Phi) is 7.20. The maximum atomic E-state index is 12.9. The van der Waals surface area contributed by atoms with Crippen LogP contribution in [0.15, 0.2) is 35.5 Å². The Morgan fingerprint density at radius 1 is 1.35 bits per heavy atom. The van der Waals surface area contributed by atoms with E-state index in [0.29, 0.717) is 25.6 Å². The van der Waals surface area contributed by atoms with Crippen LogP contribution in [0, 0.1) is 10.1 Å². The van der Waals surface area contributed by atoms with Crippen molar-refractivity contribution in [3.63, 3.8) is 0 Å². The Morgan fingerprint density at radius 2 is 2.10 bits per heavy atom. The van der Waals surface area contributed by atoms with Crippen LogP contribution < -0.4 is 10.1 Å². The van der Waals surface area contributed by atoms with Gasteiger partial charge in [0.25, 0.3) is 0 Å². The van der Waals surface area contributed by atoms with Crippen molar-refractivity contribution in [2.45, 2.75) is 24.8 Å². The lowest BCUT2D eigenvalue weighted by Gasteiger charge is -2.26. The minimum Gasteiger partial charge on any atom is -0.492 e. The normalized spacial score (nSPS) is 14.9. The van der Waals surface area contributed by atoms with Gasteiger partial charge in [0.1, 0.15) is 18.1 Å². The number of hydrogen-bond acceptors (Lipinski definition) is 8. The second-order valence-electron chi connectivity index (χ2n) is 6.62. The third-order valence-electron chi connectivity index (χ3n) is 4.53. The minimum atomic E-state index is -3.74. The topological polar surface area (TPSA) is 146 Å². The number of carbonyl (C=O) groups is 1. The molecule has 13 heteroatoms. The van der Waals surface area contributed by atoms with Crippen LogP contribution in [0.25, 0.3) is 0 Å². The summed E-state index contributed by atoms with van der Waals surface area (Å²) < 4.78 is 39.2. The van der Waals surface area contributed by atoms with Crippen molar-refractivity contribution < 1.29 is 27.6 Å². The number of nitrogens with zero attached hydrogens (tertiary/aromatic N) is 4. The van der Waals surface area contributed by atoms with Crippen LogP contribution in [0.4, 0.5) is 11.4 Å². The maximum Gasteiger partial charge on any atom is 0.306 e. The van der Waals surface area contributed by atoms with Crippen molar-refractivity contribution >= 4 is 27.3 Å². The quantitative estimate of drug-likeness (QED) is 0.441.